The third kappa shape index (κ3) is 6.83. The smallest absolute Gasteiger partial charge is 0.269 e. The first kappa shape index (κ1) is 20.7. The van der Waals surface area contributed by atoms with Gasteiger partial charge in [-0.3, -0.25) is 10.1 Å². The van der Waals surface area contributed by atoms with Crippen LogP contribution in [0.3, 0.4) is 0 Å². The van der Waals surface area contributed by atoms with Crippen LogP contribution in [0.5, 0.6) is 0 Å². The molecule has 1 aliphatic rings. The molecule has 2 aromatic carbocycles. The number of non-ortho nitro benzene ring substituents is 1. The SMILES string of the molecule is O=[N+]([O-])c1ccc(CN=C(NCCc2ccc(F)cc2)NCC2CCCO2)cc1. The molecule has 3 rings (SSSR count). The lowest BCUT2D eigenvalue weighted by Gasteiger charge is -2.16. The topological polar surface area (TPSA) is 88.8 Å². The zero-order valence-corrected chi connectivity index (χ0v) is 16.1. The van der Waals surface area contributed by atoms with Gasteiger partial charge in [0, 0.05) is 31.8 Å². The molecule has 0 aliphatic carbocycles. The van der Waals surface area contributed by atoms with Crippen LogP contribution in [0.1, 0.15) is 24.0 Å². The fourth-order valence-corrected chi connectivity index (χ4v) is 3.06. The van der Waals surface area contributed by atoms with E-state index in [9.17, 15) is 14.5 Å². The Kier molecular flexibility index (Phi) is 7.52. The highest BCUT2D eigenvalue weighted by molar-refractivity contribution is 5.79. The van der Waals surface area contributed by atoms with E-state index in [0.717, 1.165) is 37.0 Å². The van der Waals surface area contributed by atoms with Crippen molar-refractivity contribution in [2.45, 2.75) is 31.9 Å². The van der Waals surface area contributed by atoms with Crippen molar-refractivity contribution in [2.24, 2.45) is 4.99 Å². The molecule has 0 radical (unpaired) electrons. The number of benzene rings is 2. The Morgan fingerprint density at radius 1 is 1.14 bits per heavy atom. The molecule has 8 heteroatoms. The molecule has 154 valence electrons. The highest BCUT2D eigenvalue weighted by atomic mass is 19.1. The summed E-state index contributed by atoms with van der Waals surface area (Å²) in [6.07, 6.45) is 3.01. The minimum Gasteiger partial charge on any atom is -0.376 e. The Labute approximate surface area is 169 Å². The number of halogens is 1. The number of nitrogens with zero attached hydrogens (tertiary/aromatic N) is 2. The Balaban J connectivity index is 1.56. The van der Waals surface area contributed by atoms with Crippen LogP contribution in [0.4, 0.5) is 10.1 Å². The first-order valence-electron chi connectivity index (χ1n) is 9.72. The lowest BCUT2D eigenvalue weighted by atomic mass is 10.1. The first-order chi connectivity index (χ1) is 14.1. The van der Waals surface area contributed by atoms with Gasteiger partial charge < -0.3 is 15.4 Å². The maximum Gasteiger partial charge on any atom is 0.269 e. The lowest BCUT2D eigenvalue weighted by molar-refractivity contribution is -0.384. The number of nitro groups is 1. The zero-order valence-electron chi connectivity index (χ0n) is 16.1. The molecule has 1 heterocycles. The van der Waals surface area contributed by atoms with E-state index in [0.29, 0.717) is 25.6 Å². The summed E-state index contributed by atoms with van der Waals surface area (Å²) in [5, 5.41) is 17.4. The lowest BCUT2D eigenvalue weighted by Crippen LogP contribution is -2.41. The van der Waals surface area contributed by atoms with Crippen molar-refractivity contribution in [3.05, 3.63) is 75.6 Å². The Morgan fingerprint density at radius 2 is 1.86 bits per heavy atom. The van der Waals surface area contributed by atoms with E-state index < -0.39 is 4.92 Å². The van der Waals surface area contributed by atoms with Crippen molar-refractivity contribution in [3.63, 3.8) is 0 Å². The number of nitrogens with one attached hydrogen (secondary N) is 2. The molecule has 0 bridgehead atoms. The fourth-order valence-electron chi connectivity index (χ4n) is 3.06. The largest absolute Gasteiger partial charge is 0.376 e. The number of aliphatic imine (C=N–C) groups is 1. The van der Waals surface area contributed by atoms with E-state index in [-0.39, 0.29) is 17.6 Å². The number of nitro benzene ring substituents is 1. The van der Waals surface area contributed by atoms with E-state index >= 15 is 0 Å². The second kappa shape index (κ2) is 10.5. The number of guanidine groups is 1. The highest BCUT2D eigenvalue weighted by Gasteiger charge is 2.15. The summed E-state index contributed by atoms with van der Waals surface area (Å²) in [7, 11) is 0. The summed E-state index contributed by atoms with van der Waals surface area (Å²) >= 11 is 0. The molecule has 29 heavy (non-hydrogen) atoms. The standard InChI is InChI=1S/C21H25FN4O3/c22-18-7-3-16(4-8-18)11-12-23-21(25-15-20-2-1-13-29-20)24-14-17-5-9-19(10-6-17)26(27)28/h3-10,20H,1-2,11-15H2,(H2,23,24,25). The van der Waals surface area contributed by atoms with Crippen LogP contribution in [0.25, 0.3) is 0 Å². The third-order valence-electron chi connectivity index (χ3n) is 4.71. The Morgan fingerprint density at radius 3 is 2.52 bits per heavy atom. The summed E-state index contributed by atoms with van der Waals surface area (Å²) < 4.78 is 18.7. The second-order valence-corrected chi connectivity index (χ2v) is 6.91. The minimum absolute atomic E-state index is 0.0619. The van der Waals surface area contributed by atoms with Gasteiger partial charge >= 0.3 is 0 Å². The molecule has 1 fully saturated rings. The molecule has 2 N–H and O–H groups in total. The van der Waals surface area contributed by atoms with E-state index in [1.54, 1.807) is 24.3 Å². The van der Waals surface area contributed by atoms with Gasteiger partial charge in [0.2, 0.25) is 0 Å². The summed E-state index contributed by atoms with van der Waals surface area (Å²) in [4.78, 5) is 14.9. The quantitative estimate of drug-likeness (QED) is 0.307. The Hall–Kier alpha value is -3.00. The molecule has 0 spiro atoms. The summed E-state index contributed by atoms with van der Waals surface area (Å²) in [6.45, 7) is 2.50. The molecule has 2 aromatic rings. The maximum atomic E-state index is 13.0. The van der Waals surface area contributed by atoms with Crippen molar-refractivity contribution < 1.29 is 14.1 Å². The number of hydrogen-bond acceptors (Lipinski definition) is 4. The van der Waals surface area contributed by atoms with Crippen LogP contribution in [0, 0.1) is 15.9 Å². The van der Waals surface area contributed by atoms with Crippen molar-refractivity contribution in [2.75, 3.05) is 19.7 Å². The molecule has 0 saturated carbocycles. The highest BCUT2D eigenvalue weighted by Crippen LogP contribution is 2.13. The van der Waals surface area contributed by atoms with Crippen molar-refractivity contribution >= 4 is 11.6 Å². The third-order valence-corrected chi connectivity index (χ3v) is 4.71. The molecular weight excluding hydrogens is 375 g/mol. The first-order valence-corrected chi connectivity index (χ1v) is 9.72. The number of hydrogen-bond donors (Lipinski definition) is 2. The second-order valence-electron chi connectivity index (χ2n) is 6.91. The van der Waals surface area contributed by atoms with Gasteiger partial charge in [0.25, 0.3) is 5.69 Å². The van der Waals surface area contributed by atoms with Gasteiger partial charge in [-0.15, -0.1) is 0 Å². The molecule has 7 nitrogen and oxygen atoms in total. The minimum atomic E-state index is -0.418. The van der Waals surface area contributed by atoms with Crippen LogP contribution in [-0.2, 0) is 17.7 Å². The number of rotatable bonds is 8. The maximum absolute atomic E-state index is 13.0. The number of ether oxygens (including phenoxy) is 1. The average Bonchev–Trinajstić information content (AvgIpc) is 3.25. The fraction of sp³-hybridized carbons (Fsp3) is 0.381. The van der Waals surface area contributed by atoms with E-state index in [1.807, 2.05) is 0 Å². The van der Waals surface area contributed by atoms with Gasteiger partial charge in [-0.1, -0.05) is 24.3 Å². The van der Waals surface area contributed by atoms with Crippen LogP contribution in [-0.4, -0.2) is 36.7 Å². The van der Waals surface area contributed by atoms with E-state index in [1.165, 1.54) is 24.3 Å². The average molecular weight is 400 g/mol. The van der Waals surface area contributed by atoms with Crippen LogP contribution in [0.15, 0.2) is 53.5 Å². The van der Waals surface area contributed by atoms with E-state index in [2.05, 4.69) is 15.6 Å². The molecule has 0 amide bonds. The molecular formula is C21H25FN4O3. The molecule has 1 atom stereocenters. The summed E-state index contributed by atoms with van der Waals surface area (Å²) in [5.41, 5.74) is 1.98. The van der Waals surface area contributed by atoms with Gasteiger partial charge in [-0.05, 0) is 42.5 Å². The van der Waals surface area contributed by atoms with Gasteiger partial charge in [0.1, 0.15) is 5.82 Å². The van der Waals surface area contributed by atoms with Crippen molar-refractivity contribution in [1.82, 2.24) is 10.6 Å². The predicted octanol–water partition coefficient (Wildman–Crippen LogP) is 3.19. The van der Waals surface area contributed by atoms with E-state index in [4.69, 9.17) is 4.74 Å². The van der Waals surface area contributed by atoms with Crippen LogP contribution < -0.4 is 10.6 Å². The van der Waals surface area contributed by atoms with Gasteiger partial charge in [0.05, 0.1) is 17.6 Å². The Bertz CT molecular complexity index is 819. The van der Waals surface area contributed by atoms with Crippen molar-refractivity contribution in [1.29, 1.82) is 0 Å². The molecule has 1 unspecified atom stereocenters. The molecule has 0 aromatic heterocycles. The van der Waals surface area contributed by atoms with Gasteiger partial charge in [0.15, 0.2) is 5.96 Å². The zero-order chi connectivity index (χ0) is 20.5. The van der Waals surface area contributed by atoms with Crippen LogP contribution in [0.2, 0.25) is 0 Å². The van der Waals surface area contributed by atoms with Crippen molar-refractivity contribution in [3.8, 4) is 0 Å². The monoisotopic (exact) mass is 400 g/mol. The summed E-state index contributed by atoms with van der Waals surface area (Å²) in [5.74, 6) is 0.409. The van der Waals surface area contributed by atoms with Gasteiger partial charge in [-0.2, -0.15) is 0 Å². The normalized spacial score (nSPS) is 16.6. The summed E-state index contributed by atoms with van der Waals surface area (Å²) in [6, 6.07) is 12.8. The van der Waals surface area contributed by atoms with Crippen LogP contribution >= 0.6 is 0 Å². The predicted molar refractivity (Wildman–Crippen MR) is 109 cm³/mol. The molecule has 1 saturated heterocycles. The van der Waals surface area contributed by atoms with Gasteiger partial charge in [-0.25, -0.2) is 9.38 Å². The molecule has 1 aliphatic heterocycles.